The highest BCUT2D eigenvalue weighted by Gasteiger charge is 2.23. The molecule has 1 heterocycles. The lowest BCUT2D eigenvalue weighted by Gasteiger charge is -2.30. The molecule has 0 saturated heterocycles. The summed E-state index contributed by atoms with van der Waals surface area (Å²) >= 11 is 0. The highest BCUT2D eigenvalue weighted by Crippen LogP contribution is 2.47. The second-order valence-electron chi connectivity index (χ2n) is 17.7. The Kier molecular flexibility index (Phi) is 9.78. The second-order valence-corrected chi connectivity index (χ2v) is 17.7. The third-order valence-electron chi connectivity index (χ3n) is 12.8. The molecule has 0 N–H and O–H groups in total. The van der Waals surface area contributed by atoms with E-state index in [1.54, 1.807) is 0 Å². The summed E-state index contributed by atoms with van der Waals surface area (Å²) in [6.07, 6.45) is 0. The Balaban J connectivity index is 1.10. The standard InChI is InChI=1S/C62H48N2/c1-62(2,3)48-37-32-45(33-38-48)51-24-10-13-29-57(51)63(59-31-15-12-26-54(59)56-28-17-21-46-20-16-27-52(61(46)56)44-18-6-4-7-19-44)50-39-34-43(35-40-50)47-36-41-55-53-25-11-14-30-58(53)64(60(55)42-47)49-22-8-5-9-23-49/h4-42H,1-3H3. The number of nitrogens with zero attached hydrogens (tertiary/aromatic N) is 2. The van der Waals surface area contributed by atoms with Gasteiger partial charge in [0.1, 0.15) is 0 Å². The summed E-state index contributed by atoms with van der Waals surface area (Å²) in [5, 5.41) is 4.96. The Bertz CT molecular complexity index is 3440. The molecule has 0 fully saturated rings. The molecule has 0 saturated carbocycles. The molecule has 10 aromatic carbocycles. The maximum Gasteiger partial charge on any atom is 0.0547 e. The van der Waals surface area contributed by atoms with Crippen molar-refractivity contribution < 1.29 is 0 Å². The lowest BCUT2D eigenvalue weighted by molar-refractivity contribution is 0.590. The van der Waals surface area contributed by atoms with Gasteiger partial charge in [-0.2, -0.15) is 0 Å². The first-order valence-corrected chi connectivity index (χ1v) is 22.3. The van der Waals surface area contributed by atoms with Crippen LogP contribution in [0, 0.1) is 0 Å². The van der Waals surface area contributed by atoms with E-state index in [1.807, 2.05) is 0 Å². The van der Waals surface area contributed by atoms with Crippen molar-refractivity contribution in [2.75, 3.05) is 4.90 Å². The molecule has 0 bridgehead atoms. The summed E-state index contributed by atoms with van der Waals surface area (Å²) in [5.74, 6) is 0. The van der Waals surface area contributed by atoms with Gasteiger partial charge >= 0.3 is 0 Å². The monoisotopic (exact) mass is 820 g/mol. The summed E-state index contributed by atoms with van der Waals surface area (Å²) in [6.45, 7) is 6.82. The summed E-state index contributed by atoms with van der Waals surface area (Å²) in [4.78, 5) is 2.46. The molecule has 2 heteroatoms. The largest absolute Gasteiger partial charge is 0.309 e. The summed E-state index contributed by atoms with van der Waals surface area (Å²) in [5.41, 5.74) is 17.7. The SMILES string of the molecule is CC(C)(C)c1ccc(-c2ccccc2N(c2ccc(-c3ccc4c5ccccc5n(-c5ccccc5)c4c3)cc2)c2ccccc2-c2cccc3cccc(-c4ccccc4)c23)cc1. The zero-order valence-corrected chi connectivity index (χ0v) is 36.4. The third kappa shape index (κ3) is 6.94. The van der Waals surface area contributed by atoms with E-state index in [-0.39, 0.29) is 5.41 Å². The Hall–Kier alpha value is -7.94. The van der Waals surface area contributed by atoms with Gasteiger partial charge in [0.25, 0.3) is 0 Å². The molecule has 0 unspecified atom stereocenters. The van der Waals surface area contributed by atoms with Crippen LogP contribution in [0.25, 0.3) is 82.8 Å². The van der Waals surface area contributed by atoms with E-state index in [1.165, 1.54) is 71.5 Å². The maximum absolute atomic E-state index is 2.46. The predicted molar refractivity (Wildman–Crippen MR) is 273 cm³/mol. The fraction of sp³-hybridized carbons (Fsp3) is 0.0645. The lowest BCUT2D eigenvalue weighted by Crippen LogP contribution is -2.13. The van der Waals surface area contributed by atoms with E-state index >= 15 is 0 Å². The van der Waals surface area contributed by atoms with Crippen LogP contribution in [-0.2, 0) is 5.41 Å². The number of aromatic nitrogens is 1. The summed E-state index contributed by atoms with van der Waals surface area (Å²) < 4.78 is 2.39. The molecule has 2 nitrogen and oxygen atoms in total. The van der Waals surface area contributed by atoms with E-state index in [4.69, 9.17) is 0 Å². The van der Waals surface area contributed by atoms with Gasteiger partial charge in [-0.15, -0.1) is 0 Å². The van der Waals surface area contributed by atoms with E-state index in [2.05, 4.69) is 267 Å². The van der Waals surface area contributed by atoms with Gasteiger partial charge in [-0.1, -0.05) is 209 Å². The van der Waals surface area contributed by atoms with Crippen LogP contribution >= 0.6 is 0 Å². The fourth-order valence-corrected chi connectivity index (χ4v) is 9.60. The van der Waals surface area contributed by atoms with Gasteiger partial charge in [0.2, 0.25) is 0 Å². The second kappa shape index (κ2) is 16.1. The first-order valence-electron chi connectivity index (χ1n) is 22.3. The van der Waals surface area contributed by atoms with Gasteiger partial charge in [-0.25, -0.2) is 0 Å². The lowest BCUT2D eigenvalue weighted by atomic mass is 9.86. The quantitative estimate of drug-likeness (QED) is 0.148. The molecule has 64 heavy (non-hydrogen) atoms. The summed E-state index contributed by atoms with van der Waals surface area (Å²) in [7, 11) is 0. The van der Waals surface area contributed by atoms with Crippen molar-refractivity contribution in [1.29, 1.82) is 0 Å². The average Bonchev–Trinajstić information content (AvgIpc) is 3.68. The number of anilines is 3. The first-order chi connectivity index (χ1) is 31.4. The Morgan fingerprint density at radius 2 is 0.891 bits per heavy atom. The van der Waals surface area contributed by atoms with Crippen LogP contribution < -0.4 is 4.90 Å². The van der Waals surface area contributed by atoms with Crippen LogP contribution in [0.2, 0.25) is 0 Å². The molecule has 0 aliphatic heterocycles. The Labute approximate surface area is 376 Å². The predicted octanol–water partition coefficient (Wildman–Crippen LogP) is 17.4. The van der Waals surface area contributed by atoms with Crippen molar-refractivity contribution in [1.82, 2.24) is 4.57 Å². The number of para-hydroxylation sites is 4. The molecule has 11 rings (SSSR count). The normalized spacial score (nSPS) is 11.7. The average molecular weight is 821 g/mol. The molecule has 0 spiro atoms. The minimum atomic E-state index is 0.0600. The van der Waals surface area contributed by atoms with Gasteiger partial charge < -0.3 is 9.47 Å². The first kappa shape index (κ1) is 38.9. The number of hydrogen-bond donors (Lipinski definition) is 0. The third-order valence-corrected chi connectivity index (χ3v) is 12.8. The fourth-order valence-electron chi connectivity index (χ4n) is 9.60. The Morgan fingerprint density at radius 1 is 0.359 bits per heavy atom. The highest BCUT2D eigenvalue weighted by molar-refractivity contribution is 6.11. The maximum atomic E-state index is 2.46. The minimum Gasteiger partial charge on any atom is -0.309 e. The van der Waals surface area contributed by atoms with Gasteiger partial charge in [0.05, 0.1) is 22.4 Å². The van der Waals surface area contributed by atoms with Crippen LogP contribution in [0.3, 0.4) is 0 Å². The molecule has 0 amide bonds. The topological polar surface area (TPSA) is 8.17 Å². The van der Waals surface area contributed by atoms with Crippen molar-refractivity contribution in [3.05, 3.63) is 242 Å². The van der Waals surface area contributed by atoms with Crippen LogP contribution in [0.1, 0.15) is 26.3 Å². The van der Waals surface area contributed by atoms with Crippen molar-refractivity contribution in [3.8, 4) is 50.2 Å². The van der Waals surface area contributed by atoms with Crippen LogP contribution in [-0.4, -0.2) is 4.57 Å². The number of hydrogen-bond acceptors (Lipinski definition) is 1. The zero-order chi connectivity index (χ0) is 43.2. The van der Waals surface area contributed by atoms with Gasteiger partial charge in [-0.3, -0.25) is 0 Å². The van der Waals surface area contributed by atoms with Crippen molar-refractivity contribution >= 4 is 49.6 Å². The number of benzene rings is 10. The molecule has 1 aromatic heterocycles. The molecular formula is C62H48N2. The van der Waals surface area contributed by atoms with Gasteiger partial charge in [0.15, 0.2) is 0 Å². The van der Waals surface area contributed by atoms with Gasteiger partial charge in [0, 0.05) is 33.3 Å². The van der Waals surface area contributed by atoms with Crippen molar-refractivity contribution in [2.45, 2.75) is 26.2 Å². The highest BCUT2D eigenvalue weighted by atomic mass is 15.1. The van der Waals surface area contributed by atoms with E-state index < -0.39 is 0 Å². The molecule has 0 aliphatic rings. The van der Waals surface area contributed by atoms with Crippen molar-refractivity contribution in [2.24, 2.45) is 0 Å². The molecule has 306 valence electrons. The molecule has 0 aliphatic carbocycles. The molecule has 11 aromatic rings. The van der Waals surface area contributed by atoms with Crippen LogP contribution in [0.5, 0.6) is 0 Å². The Morgan fingerprint density at radius 3 is 1.61 bits per heavy atom. The van der Waals surface area contributed by atoms with E-state index in [9.17, 15) is 0 Å². The molecule has 0 atom stereocenters. The smallest absolute Gasteiger partial charge is 0.0547 e. The minimum absolute atomic E-state index is 0.0600. The number of fused-ring (bicyclic) bond motifs is 4. The van der Waals surface area contributed by atoms with Crippen LogP contribution in [0.4, 0.5) is 17.1 Å². The van der Waals surface area contributed by atoms with Crippen molar-refractivity contribution in [3.63, 3.8) is 0 Å². The molecule has 0 radical (unpaired) electrons. The van der Waals surface area contributed by atoms with E-state index in [0.717, 1.165) is 33.9 Å². The van der Waals surface area contributed by atoms with Crippen LogP contribution in [0.15, 0.2) is 237 Å². The van der Waals surface area contributed by atoms with Gasteiger partial charge in [-0.05, 0) is 104 Å². The van der Waals surface area contributed by atoms with E-state index in [0.29, 0.717) is 0 Å². The summed E-state index contributed by atoms with van der Waals surface area (Å²) in [6, 6.07) is 86.6. The number of rotatable bonds is 8. The molecular weight excluding hydrogens is 773 g/mol. The zero-order valence-electron chi connectivity index (χ0n) is 36.4.